The first-order chi connectivity index (χ1) is 12.1. The van der Waals surface area contributed by atoms with Crippen molar-refractivity contribution in [1.82, 2.24) is 10.6 Å². The van der Waals surface area contributed by atoms with Crippen LogP contribution in [0.15, 0.2) is 48.5 Å². The number of aliphatic hydroxyl groups excluding tert-OH is 1. The molecule has 1 aliphatic rings. The SMILES string of the molecule is O=C(NCC1CNCC1O)c1ccccc1OCc1ccc(F)cc1. The summed E-state index contributed by atoms with van der Waals surface area (Å²) >= 11 is 0. The number of hydrogen-bond donors (Lipinski definition) is 3. The summed E-state index contributed by atoms with van der Waals surface area (Å²) in [4.78, 5) is 12.4. The topological polar surface area (TPSA) is 70.6 Å². The van der Waals surface area contributed by atoms with Gasteiger partial charge in [-0.1, -0.05) is 24.3 Å². The maximum absolute atomic E-state index is 12.9. The highest BCUT2D eigenvalue weighted by Gasteiger charge is 2.25. The van der Waals surface area contributed by atoms with E-state index in [1.165, 1.54) is 12.1 Å². The molecule has 0 aliphatic carbocycles. The molecule has 1 aliphatic heterocycles. The number of benzene rings is 2. The van der Waals surface area contributed by atoms with Gasteiger partial charge in [-0.25, -0.2) is 4.39 Å². The molecule has 1 heterocycles. The average Bonchev–Trinajstić information content (AvgIpc) is 3.04. The number of para-hydroxylation sites is 1. The predicted molar refractivity (Wildman–Crippen MR) is 91.9 cm³/mol. The lowest BCUT2D eigenvalue weighted by molar-refractivity contribution is 0.0922. The molecule has 1 amide bonds. The molecule has 1 fully saturated rings. The quantitative estimate of drug-likeness (QED) is 0.746. The van der Waals surface area contributed by atoms with Gasteiger partial charge in [-0.15, -0.1) is 0 Å². The molecule has 6 heteroatoms. The van der Waals surface area contributed by atoms with Gasteiger partial charge in [0, 0.05) is 25.6 Å². The normalized spacial score (nSPS) is 19.6. The summed E-state index contributed by atoms with van der Waals surface area (Å²) in [6.45, 7) is 1.89. The zero-order chi connectivity index (χ0) is 17.6. The molecule has 2 aromatic carbocycles. The van der Waals surface area contributed by atoms with Crippen LogP contribution in [0.1, 0.15) is 15.9 Å². The Morgan fingerprint density at radius 3 is 2.68 bits per heavy atom. The van der Waals surface area contributed by atoms with Crippen LogP contribution in [0.25, 0.3) is 0 Å². The highest BCUT2D eigenvalue weighted by atomic mass is 19.1. The second-order valence-corrected chi connectivity index (χ2v) is 6.11. The molecule has 0 bridgehead atoms. The number of rotatable bonds is 6. The lowest BCUT2D eigenvalue weighted by atomic mass is 10.1. The first kappa shape index (κ1) is 17.4. The number of hydrogen-bond acceptors (Lipinski definition) is 4. The monoisotopic (exact) mass is 344 g/mol. The minimum Gasteiger partial charge on any atom is -0.488 e. The molecule has 3 N–H and O–H groups in total. The summed E-state index contributed by atoms with van der Waals surface area (Å²) in [7, 11) is 0. The van der Waals surface area contributed by atoms with Crippen LogP contribution in [0.5, 0.6) is 5.75 Å². The van der Waals surface area contributed by atoms with Crippen LogP contribution >= 0.6 is 0 Å². The summed E-state index contributed by atoms with van der Waals surface area (Å²) in [6, 6.07) is 13.0. The highest BCUT2D eigenvalue weighted by molar-refractivity contribution is 5.96. The van der Waals surface area contributed by atoms with Crippen molar-refractivity contribution in [2.75, 3.05) is 19.6 Å². The second-order valence-electron chi connectivity index (χ2n) is 6.11. The van der Waals surface area contributed by atoms with Crippen LogP contribution < -0.4 is 15.4 Å². The summed E-state index contributed by atoms with van der Waals surface area (Å²) in [5.41, 5.74) is 1.25. The van der Waals surface area contributed by atoms with Crippen molar-refractivity contribution in [2.45, 2.75) is 12.7 Å². The maximum atomic E-state index is 12.9. The van der Waals surface area contributed by atoms with Crippen molar-refractivity contribution in [1.29, 1.82) is 0 Å². The Balaban J connectivity index is 1.61. The molecule has 1 saturated heterocycles. The van der Waals surface area contributed by atoms with Crippen molar-refractivity contribution < 1.29 is 19.0 Å². The lowest BCUT2D eigenvalue weighted by Crippen LogP contribution is -2.34. The molecular weight excluding hydrogens is 323 g/mol. The van der Waals surface area contributed by atoms with Gasteiger partial charge in [-0.05, 0) is 29.8 Å². The van der Waals surface area contributed by atoms with E-state index < -0.39 is 6.10 Å². The lowest BCUT2D eigenvalue weighted by Gasteiger charge is -2.15. The number of nitrogens with one attached hydrogen (secondary N) is 2. The maximum Gasteiger partial charge on any atom is 0.255 e. The fourth-order valence-corrected chi connectivity index (χ4v) is 2.77. The Kier molecular flexibility index (Phi) is 5.63. The van der Waals surface area contributed by atoms with E-state index in [9.17, 15) is 14.3 Å². The van der Waals surface area contributed by atoms with Crippen LogP contribution in [-0.2, 0) is 6.61 Å². The molecule has 0 spiro atoms. The van der Waals surface area contributed by atoms with Crippen LogP contribution in [-0.4, -0.2) is 36.8 Å². The molecule has 0 aromatic heterocycles. The average molecular weight is 344 g/mol. The Morgan fingerprint density at radius 1 is 1.20 bits per heavy atom. The minimum atomic E-state index is -0.440. The van der Waals surface area contributed by atoms with E-state index in [1.54, 1.807) is 36.4 Å². The number of aliphatic hydroxyl groups is 1. The van der Waals surface area contributed by atoms with Gasteiger partial charge >= 0.3 is 0 Å². The third kappa shape index (κ3) is 4.55. The van der Waals surface area contributed by atoms with Gasteiger partial charge in [0.25, 0.3) is 5.91 Å². The van der Waals surface area contributed by atoms with E-state index in [-0.39, 0.29) is 24.2 Å². The first-order valence-electron chi connectivity index (χ1n) is 8.27. The van der Waals surface area contributed by atoms with E-state index in [0.717, 1.165) is 5.56 Å². The van der Waals surface area contributed by atoms with E-state index in [0.29, 0.717) is 30.9 Å². The zero-order valence-electron chi connectivity index (χ0n) is 13.7. The van der Waals surface area contributed by atoms with Gasteiger partial charge in [0.1, 0.15) is 18.2 Å². The minimum absolute atomic E-state index is 0.0104. The summed E-state index contributed by atoms with van der Waals surface area (Å²) in [6.07, 6.45) is -0.440. The molecule has 2 aromatic rings. The Labute approximate surface area is 145 Å². The standard InChI is InChI=1S/C19H21FN2O3/c20-15-7-5-13(6-8-15)12-25-18-4-2-1-3-16(18)19(24)22-10-14-9-21-11-17(14)23/h1-8,14,17,21,23H,9-12H2,(H,22,24). The molecular formula is C19H21FN2O3. The molecule has 0 radical (unpaired) electrons. The van der Waals surface area contributed by atoms with Crippen molar-refractivity contribution in [3.63, 3.8) is 0 Å². The molecule has 132 valence electrons. The summed E-state index contributed by atoms with van der Waals surface area (Å²) < 4.78 is 18.7. The first-order valence-corrected chi connectivity index (χ1v) is 8.27. The third-order valence-corrected chi connectivity index (χ3v) is 4.27. The van der Waals surface area contributed by atoms with Crippen LogP contribution in [0.3, 0.4) is 0 Å². The van der Waals surface area contributed by atoms with Crippen LogP contribution in [0, 0.1) is 11.7 Å². The van der Waals surface area contributed by atoms with Gasteiger partial charge in [-0.2, -0.15) is 0 Å². The van der Waals surface area contributed by atoms with Crippen molar-refractivity contribution in [3.05, 3.63) is 65.5 Å². The Morgan fingerprint density at radius 2 is 1.96 bits per heavy atom. The smallest absolute Gasteiger partial charge is 0.255 e. The fraction of sp³-hybridized carbons (Fsp3) is 0.316. The van der Waals surface area contributed by atoms with Gasteiger partial charge in [0.05, 0.1) is 11.7 Å². The largest absolute Gasteiger partial charge is 0.488 e. The van der Waals surface area contributed by atoms with Crippen LogP contribution in [0.2, 0.25) is 0 Å². The van der Waals surface area contributed by atoms with Crippen molar-refractivity contribution >= 4 is 5.91 Å². The molecule has 2 unspecified atom stereocenters. The van der Waals surface area contributed by atoms with Gasteiger partial charge < -0.3 is 20.5 Å². The summed E-state index contributed by atoms with van der Waals surface area (Å²) in [5, 5.41) is 15.7. The van der Waals surface area contributed by atoms with Gasteiger partial charge in [0.15, 0.2) is 0 Å². The number of halogens is 1. The molecule has 5 nitrogen and oxygen atoms in total. The zero-order valence-corrected chi connectivity index (χ0v) is 13.7. The summed E-state index contributed by atoms with van der Waals surface area (Å²) in [5.74, 6) is -0.0633. The van der Waals surface area contributed by atoms with E-state index in [2.05, 4.69) is 10.6 Å². The number of ether oxygens (including phenoxy) is 1. The molecule has 25 heavy (non-hydrogen) atoms. The molecule has 0 saturated carbocycles. The number of β-amino-alcohol motifs (C(OH)–C–C–N with tert-alkyl or cyclic N) is 1. The third-order valence-electron chi connectivity index (χ3n) is 4.27. The van der Waals surface area contributed by atoms with E-state index in [1.807, 2.05) is 0 Å². The molecule has 2 atom stereocenters. The second kappa shape index (κ2) is 8.09. The predicted octanol–water partition coefficient (Wildman–Crippen LogP) is 1.71. The van der Waals surface area contributed by atoms with Crippen molar-refractivity contribution in [2.24, 2.45) is 5.92 Å². The van der Waals surface area contributed by atoms with E-state index >= 15 is 0 Å². The van der Waals surface area contributed by atoms with Gasteiger partial charge in [0.2, 0.25) is 0 Å². The molecule has 3 rings (SSSR count). The Hall–Kier alpha value is -2.44. The fourth-order valence-electron chi connectivity index (χ4n) is 2.77. The Bertz CT molecular complexity index is 721. The number of carbonyl (C=O) groups is 1. The van der Waals surface area contributed by atoms with E-state index in [4.69, 9.17) is 4.74 Å². The van der Waals surface area contributed by atoms with Crippen LogP contribution in [0.4, 0.5) is 4.39 Å². The van der Waals surface area contributed by atoms with Gasteiger partial charge in [-0.3, -0.25) is 4.79 Å². The highest BCUT2D eigenvalue weighted by Crippen LogP contribution is 2.20. The number of amides is 1. The number of carbonyl (C=O) groups excluding carboxylic acids is 1. The van der Waals surface area contributed by atoms with Crippen molar-refractivity contribution in [3.8, 4) is 5.75 Å².